The average Bonchev–Trinajstić information content (AvgIpc) is 2.00. The van der Waals surface area contributed by atoms with E-state index >= 15 is 0 Å². The highest BCUT2D eigenvalue weighted by Crippen LogP contribution is 2.23. The van der Waals surface area contributed by atoms with E-state index in [1.54, 1.807) is 17.0 Å². The zero-order chi connectivity index (χ0) is 10.1. The van der Waals surface area contributed by atoms with Crippen LogP contribution in [0.4, 0.5) is 5.69 Å². The van der Waals surface area contributed by atoms with Crippen molar-refractivity contribution in [3.8, 4) is 5.75 Å². The van der Waals surface area contributed by atoms with Gasteiger partial charge in [0.05, 0.1) is 5.56 Å². The molecule has 0 saturated carbocycles. The molecule has 0 bridgehead atoms. The number of nitrogens with zero attached hydrogens (tertiary/aromatic N) is 1. The highest BCUT2D eigenvalue weighted by molar-refractivity contribution is 5.97. The number of hydrogen-bond acceptors (Lipinski definition) is 3. The summed E-state index contributed by atoms with van der Waals surface area (Å²) in [4.78, 5) is 13.4. The molecule has 1 heterocycles. The quantitative estimate of drug-likeness (QED) is 0.647. The monoisotopic (exact) mass is 192 g/mol. The molecule has 0 radical (unpaired) electrons. The second-order valence-electron chi connectivity index (χ2n) is 3.42. The zero-order valence-corrected chi connectivity index (χ0v) is 7.73. The van der Waals surface area contributed by atoms with Gasteiger partial charge in [0, 0.05) is 24.8 Å². The second-order valence-corrected chi connectivity index (χ2v) is 3.42. The normalized spacial score (nSPS) is 15.0. The van der Waals surface area contributed by atoms with Crippen LogP contribution in [0.15, 0.2) is 18.2 Å². The van der Waals surface area contributed by atoms with Gasteiger partial charge in [-0.2, -0.15) is 0 Å². The Morgan fingerprint density at radius 1 is 1.43 bits per heavy atom. The van der Waals surface area contributed by atoms with E-state index in [0.29, 0.717) is 11.3 Å². The Morgan fingerprint density at radius 2 is 2.14 bits per heavy atom. The lowest BCUT2D eigenvalue weighted by Crippen LogP contribution is -2.42. The molecule has 3 N–H and O–H groups in total. The van der Waals surface area contributed by atoms with Crippen molar-refractivity contribution in [3.63, 3.8) is 0 Å². The first-order chi connectivity index (χ1) is 6.68. The van der Waals surface area contributed by atoms with Crippen molar-refractivity contribution in [2.45, 2.75) is 6.42 Å². The van der Waals surface area contributed by atoms with Gasteiger partial charge in [0.1, 0.15) is 5.75 Å². The lowest BCUT2D eigenvalue weighted by Gasteiger charge is -2.31. The van der Waals surface area contributed by atoms with E-state index in [2.05, 4.69) is 0 Å². The number of nitrogen functional groups attached to an aromatic ring is 1. The number of carbonyl (C=O) groups excluding carboxylic acids is 1. The van der Waals surface area contributed by atoms with Crippen molar-refractivity contribution in [1.82, 2.24) is 4.90 Å². The number of phenolic OH excluding ortho intramolecular Hbond substituents is 1. The van der Waals surface area contributed by atoms with Gasteiger partial charge in [0.15, 0.2) is 0 Å². The van der Waals surface area contributed by atoms with Gasteiger partial charge in [-0.3, -0.25) is 4.79 Å². The highest BCUT2D eigenvalue weighted by Gasteiger charge is 2.23. The summed E-state index contributed by atoms with van der Waals surface area (Å²) in [6.07, 6.45) is 1.04. The van der Waals surface area contributed by atoms with Crippen molar-refractivity contribution in [2.75, 3.05) is 18.8 Å². The lowest BCUT2D eigenvalue weighted by atomic mass is 10.1. The van der Waals surface area contributed by atoms with Gasteiger partial charge in [-0.15, -0.1) is 0 Å². The van der Waals surface area contributed by atoms with Crippen molar-refractivity contribution < 1.29 is 9.90 Å². The van der Waals surface area contributed by atoms with Crippen molar-refractivity contribution in [1.29, 1.82) is 0 Å². The molecule has 2 rings (SSSR count). The number of phenols is 1. The number of amides is 1. The third-order valence-corrected chi connectivity index (χ3v) is 2.40. The van der Waals surface area contributed by atoms with Gasteiger partial charge >= 0.3 is 0 Å². The van der Waals surface area contributed by atoms with E-state index in [-0.39, 0.29) is 11.7 Å². The van der Waals surface area contributed by atoms with Crippen LogP contribution >= 0.6 is 0 Å². The minimum atomic E-state index is -0.117. The number of carbonyl (C=O) groups is 1. The molecule has 1 fully saturated rings. The maximum atomic E-state index is 11.7. The molecule has 1 amide bonds. The van der Waals surface area contributed by atoms with E-state index in [1.807, 2.05) is 0 Å². The van der Waals surface area contributed by atoms with Gasteiger partial charge in [-0.05, 0) is 18.6 Å². The summed E-state index contributed by atoms with van der Waals surface area (Å²) in [6.45, 7) is 1.56. The van der Waals surface area contributed by atoms with Crippen LogP contribution in [0.1, 0.15) is 16.8 Å². The van der Waals surface area contributed by atoms with Gasteiger partial charge in [-0.25, -0.2) is 0 Å². The van der Waals surface area contributed by atoms with Crippen LogP contribution in [-0.2, 0) is 0 Å². The standard InChI is InChI=1S/C10H12N2O2/c11-7-2-3-8(9(13)6-7)10(14)12-4-1-5-12/h2-3,6,13H,1,4-5,11H2. The molecule has 1 aromatic carbocycles. The Hall–Kier alpha value is -1.71. The number of benzene rings is 1. The van der Waals surface area contributed by atoms with E-state index in [1.165, 1.54) is 6.07 Å². The fraction of sp³-hybridized carbons (Fsp3) is 0.300. The minimum absolute atomic E-state index is 0.0399. The predicted octanol–water partition coefficient (Wildman–Crippen LogP) is 0.820. The molecule has 1 aromatic rings. The van der Waals surface area contributed by atoms with Gasteiger partial charge in [0.2, 0.25) is 0 Å². The van der Waals surface area contributed by atoms with Gasteiger partial charge in [0.25, 0.3) is 5.91 Å². The van der Waals surface area contributed by atoms with Crippen molar-refractivity contribution in [2.24, 2.45) is 0 Å². The summed E-state index contributed by atoms with van der Waals surface area (Å²) >= 11 is 0. The van der Waals surface area contributed by atoms with E-state index in [0.717, 1.165) is 19.5 Å². The molecule has 0 unspecified atom stereocenters. The molecule has 1 aliphatic heterocycles. The molecular weight excluding hydrogens is 180 g/mol. The largest absolute Gasteiger partial charge is 0.507 e. The van der Waals surface area contributed by atoms with Gasteiger partial charge < -0.3 is 15.7 Å². The Labute approximate surface area is 81.9 Å². The molecule has 0 atom stereocenters. The Balaban J connectivity index is 2.26. The summed E-state index contributed by atoms with van der Waals surface area (Å²) in [5.74, 6) is -0.157. The van der Waals surface area contributed by atoms with Crippen molar-refractivity contribution in [3.05, 3.63) is 23.8 Å². The summed E-state index contributed by atoms with van der Waals surface area (Å²) in [6, 6.07) is 4.57. The summed E-state index contributed by atoms with van der Waals surface area (Å²) < 4.78 is 0. The lowest BCUT2D eigenvalue weighted by molar-refractivity contribution is 0.0649. The first-order valence-electron chi connectivity index (χ1n) is 4.56. The van der Waals surface area contributed by atoms with Crippen LogP contribution in [0.3, 0.4) is 0 Å². The maximum absolute atomic E-state index is 11.7. The average molecular weight is 192 g/mol. The number of anilines is 1. The molecule has 1 aliphatic rings. The molecule has 1 saturated heterocycles. The van der Waals surface area contributed by atoms with Crippen LogP contribution in [0.2, 0.25) is 0 Å². The first-order valence-corrected chi connectivity index (χ1v) is 4.56. The van der Waals surface area contributed by atoms with Crippen LogP contribution in [-0.4, -0.2) is 29.0 Å². The van der Waals surface area contributed by atoms with Crippen LogP contribution in [0, 0.1) is 0 Å². The minimum Gasteiger partial charge on any atom is -0.507 e. The zero-order valence-electron chi connectivity index (χ0n) is 7.73. The van der Waals surface area contributed by atoms with Crippen LogP contribution in [0.5, 0.6) is 5.75 Å². The molecule has 0 aromatic heterocycles. The molecule has 0 aliphatic carbocycles. The summed E-state index contributed by atoms with van der Waals surface area (Å²) in [5.41, 5.74) is 6.26. The predicted molar refractivity (Wildman–Crippen MR) is 53.0 cm³/mol. The molecular formula is C10H12N2O2. The number of nitrogens with two attached hydrogens (primary N) is 1. The molecule has 4 nitrogen and oxygen atoms in total. The SMILES string of the molecule is Nc1ccc(C(=O)N2CCC2)c(O)c1. The number of likely N-dealkylation sites (tertiary alicyclic amines) is 1. The van der Waals surface area contributed by atoms with Crippen LogP contribution < -0.4 is 5.73 Å². The molecule has 0 spiro atoms. The second kappa shape index (κ2) is 3.21. The highest BCUT2D eigenvalue weighted by atomic mass is 16.3. The van der Waals surface area contributed by atoms with Gasteiger partial charge in [-0.1, -0.05) is 0 Å². The first kappa shape index (κ1) is 8.87. The van der Waals surface area contributed by atoms with E-state index in [4.69, 9.17) is 5.73 Å². The fourth-order valence-corrected chi connectivity index (χ4v) is 1.42. The number of aromatic hydroxyl groups is 1. The maximum Gasteiger partial charge on any atom is 0.257 e. The summed E-state index contributed by atoms with van der Waals surface area (Å²) in [5, 5.41) is 9.50. The van der Waals surface area contributed by atoms with Crippen molar-refractivity contribution >= 4 is 11.6 Å². The topological polar surface area (TPSA) is 66.6 Å². The fourth-order valence-electron chi connectivity index (χ4n) is 1.42. The third kappa shape index (κ3) is 1.39. The molecule has 74 valence electrons. The third-order valence-electron chi connectivity index (χ3n) is 2.40. The Morgan fingerprint density at radius 3 is 2.64 bits per heavy atom. The summed E-state index contributed by atoms with van der Waals surface area (Å²) in [7, 11) is 0. The molecule has 4 heteroatoms. The Bertz CT molecular complexity index is 372. The number of rotatable bonds is 1. The molecule has 14 heavy (non-hydrogen) atoms. The van der Waals surface area contributed by atoms with E-state index in [9.17, 15) is 9.90 Å². The smallest absolute Gasteiger partial charge is 0.257 e. The van der Waals surface area contributed by atoms with Crippen LogP contribution in [0.25, 0.3) is 0 Å². The Kier molecular flexibility index (Phi) is 2.04. The van der Waals surface area contributed by atoms with E-state index < -0.39 is 0 Å². The number of hydrogen-bond donors (Lipinski definition) is 2.